The van der Waals surface area contributed by atoms with Crippen LogP contribution in [-0.4, -0.2) is 40.9 Å². The van der Waals surface area contributed by atoms with Crippen LogP contribution in [0, 0.1) is 0 Å². The zero-order valence-electron chi connectivity index (χ0n) is 9.04. The summed E-state index contributed by atoms with van der Waals surface area (Å²) in [4.78, 5) is 0.262. The van der Waals surface area contributed by atoms with E-state index in [1.54, 1.807) is 0 Å². The van der Waals surface area contributed by atoms with Crippen LogP contribution in [0.2, 0.25) is 0 Å². The normalized spacial score (nSPS) is 46.4. The molecule has 3 rings (SSSR count). The van der Waals surface area contributed by atoms with Gasteiger partial charge in [-0.05, 0) is 31.4 Å². The number of hydrogen-bond donors (Lipinski definition) is 1. The lowest BCUT2D eigenvalue weighted by Crippen LogP contribution is -2.54. The zero-order valence-corrected chi connectivity index (χ0v) is 10.7. The summed E-state index contributed by atoms with van der Waals surface area (Å²) in [6.45, 7) is 2.15. The summed E-state index contributed by atoms with van der Waals surface area (Å²) in [6.07, 6.45) is 5.76. The lowest BCUT2D eigenvalue weighted by Gasteiger charge is -2.38. The van der Waals surface area contributed by atoms with Crippen molar-refractivity contribution in [1.29, 1.82) is 0 Å². The topological polar surface area (TPSA) is 21.3 Å². The van der Waals surface area contributed by atoms with Gasteiger partial charge in [0.2, 0.25) is 0 Å². The van der Waals surface area contributed by atoms with E-state index in [0.717, 1.165) is 11.9 Å². The van der Waals surface area contributed by atoms with Crippen LogP contribution in [0.4, 0.5) is 0 Å². The lowest BCUT2D eigenvalue weighted by molar-refractivity contribution is 0.0680. The molecule has 4 heteroatoms. The van der Waals surface area contributed by atoms with Crippen LogP contribution in [-0.2, 0) is 4.74 Å². The molecule has 86 valence electrons. The molecule has 0 radical (unpaired) electrons. The van der Waals surface area contributed by atoms with Gasteiger partial charge in [-0.2, -0.15) is 11.8 Å². The minimum absolute atomic E-state index is 0.262. The minimum Gasteiger partial charge on any atom is -0.375 e. The van der Waals surface area contributed by atoms with E-state index < -0.39 is 0 Å². The zero-order chi connectivity index (χ0) is 10.1. The van der Waals surface area contributed by atoms with Gasteiger partial charge in [-0.1, -0.05) is 0 Å². The maximum Gasteiger partial charge on any atom is 0.103 e. The molecule has 3 saturated heterocycles. The average molecular weight is 245 g/mol. The molecule has 3 heterocycles. The van der Waals surface area contributed by atoms with Crippen LogP contribution in [0.25, 0.3) is 0 Å². The van der Waals surface area contributed by atoms with E-state index in [0.29, 0.717) is 6.10 Å². The molecule has 0 saturated carbocycles. The highest BCUT2D eigenvalue weighted by Gasteiger charge is 2.50. The first-order valence-electron chi connectivity index (χ1n) is 6.04. The van der Waals surface area contributed by atoms with E-state index in [9.17, 15) is 0 Å². The summed E-state index contributed by atoms with van der Waals surface area (Å²) >= 11 is 4.29. The van der Waals surface area contributed by atoms with Crippen molar-refractivity contribution in [2.24, 2.45) is 0 Å². The summed E-state index contributed by atoms with van der Waals surface area (Å²) in [5.41, 5.74) is 0. The van der Waals surface area contributed by atoms with Gasteiger partial charge >= 0.3 is 0 Å². The van der Waals surface area contributed by atoms with Crippen LogP contribution >= 0.6 is 23.5 Å². The Morgan fingerprint density at radius 3 is 2.80 bits per heavy atom. The largest absolute Gasteiger partial charge is 0.375 e. The smallest absolute Gasteiger partial charge is 0.103 e. The van der Waals surface area contributed by atoms with Gasteiger partial charge in [-0.3, -0.25) is 5.32 Å². The molecule has 15 heavy (non-hydrogen) atoms. The molecule has 3 unspecified atom stereocenters. The second kappa shape index (κ2) is 4.47. The molecule has 3 aliphatic heterocycles. The van der Waals surface area contributed by atoms with Gasteiger partial charge in [0.1, 0.15) is 4.87 Å². The lowest BCUT2D eigenvalue weighted by atomic mass is 10.0. The summed E-state index contributed by atoms with van der Waals surface area (Å²) in [6, 6.07) is 0. The fraction of sp³-hybridized carbons (Fsp3) is 1.00. The molecule has 0 amide bonds. The van der Waals surface area contributed by atoms with Crippen LogP contribution in [0.15, 0.2) is 0 Å². The summed E-state index contributed by atoms with van der Waals surface area (Å²) in [5, 5.41) is 4.56. The van der Waals surface area contributed by atoms with E-state index in [1.807, 2.05) is 0 Å². The Bertz CT molecular complexity index is 201. The number of nitrogens with one attached hydrogen (secondary N) is 1. The number of hydrogen-bond acceptors (Lipinski definition) is 4. The molecule has 3 fully saturated rings. The van der Waals surface area contributed by atoms with Gasteiger partial charge in [0.05, 0.1) is 6.10 Å². The predicted octanol–water partition coefficient (Wildman–Crippen LogP) is 2.09. The summed E-state index contributed by atoms with van der Waals surface area (Å²) < 4.78 is 5.96. The molecule has 0 aromatic heterocycles. The third-order valence-corrected chi connectivity index (χ3v) is 6.92. The molecule has 0 aromatic rings. The summed E-state index contributed by atoms with van der Waals surface area (Å²) in [7, 11) is 0. The van der Waals surface area contributed by atoms with E-state index in [4.69, 9.17) is 4.74 Å². The van der Waals surface area contributed by atoms with Crippen LogP contribution < -0.4 is 5.32 Å². The van der Waals surface area contributed by atoms with Crippen LogP contribution in [0.1, 0.15) is 25.7 Å². The first kappa shape index (κ1) is 10.8. The number of ether oxygens (including phenoxy) is 1. The van der Waals surface area contributed by atoms with Crippen molar-refractivity contribution in [3.63, 3.8) is 0 Å². The third kappa shape index (κ3) is 1.84. The third-order valence-electron chi connectivity index (χ3n) is 3.66. The molecular weight excluding hydrogens is 226 g/mol. The monoisotopic (exact) mass is 245 g/mol. The Hall–Kier alpha value is 0.620. The number of thioether (sulfide) groups is 2. The van der Waals surface area contributed by atoms with Crippen molar-refractivity contribution in [2.75, 3.05) is 24.7 Å². The standard InChI is InChI=1S/C11H19NOS2/c1-3-9(13-6-1)11(12-5-8-15-11)10-4-2-7-14-10/h9-10,12H,1-8H2. The van der Waals surface area contributed by atoms with E-state index in [1.165, 1.54) is 43.7 Å². The molecule has 3 atom stereocenters. The molecule has 1 N–H and O–H groups in total. The van der Waals surface area contributed by atoms with Crippen molar-refractivity contribution in [3.05, 3.63) is 0 Å². The van der Waals surface area contributed by atoms with E-state index >= 15 is 0 Å². The SMILES string of the molecule is C1COC(C2(C3CCCS3)NCCS2)C1. The second-order valence-electron chi connectivity index (χ2n) is 4.57. The van der Waals surface area contributed by atoms with Crippen LogP contribution in [0.5, 0.6) is 0 Å². The van der Waals surface area contributed by atoms with Crippen molar-refractivity contribution >= 4 is 23.5 Å². The number of rotatable bonds is 2. The molecule has 2 nitrogen and oxygen atoms in total. The highest BCUT2D eigenvalue weighted by atomic mass is 32.2. The highest BCUT2D eigenvalue weighted by molar-refractivity contribution is 8.04. The Morgan fingerprint density at radius 1 is 1.20 bits per heavy atom. The van der Waals surface area contributed by atoms with Gasteiger partial charge < -0.3 is 4.74 Å². The van der Waals surface area contributed by atoms with Crippen molar-refractivity contribution in [1.82, 2.24) is 5.32 Å². The minimum atomic E-state index is 0.262. The molecular formula is C11H19NOS2. The maximum atomic E-state index is 5.96. The molecule has 0 bridgehead atoms. The van der Waals surface area contributed by atoms with Crippen molar-refractivity contribution in [2.45, 2.75) is 41.9 Å². The fourth-order valence-electron chi connectivity index (χ4n) is 2.97. The van der Waals surface area contributed by atoms with Crippen molar-refractivity contribution in [3.8, 4) is 0 Å². The molecule has 0 spiro atoms. The fourth-order valence-corrected chi connectivity index (χ4v) is 6.23. The Labute approximate surface area is 100 Å². The first-order chi connectivity index (χ1) is 7.42. The van der Waals surface area contributed by atoms with Crippen molar-refractivity contribution < 1.29 is 4.74 Å². The molecule has 0 aliphatic carbocycles. The summed E-state index contributed by atoms with van der Waals surface area (Å²) in [5.74, 6) is 2.61. The van der Waals surface area contributed by atoms with E-state index in [-0.39, 0.29) is 4.87 Å². The van der Waals surface area contributed by atoms with E-state index in [2.05, 4.69) is 28.8 Å². The first-order valence-corrected chi connectivity index (χ1v) is 8.07. The predicted molar refractivity (Wildman–Crippen MR) is 67.6 cm³/mol. The quantitative estimate of drug-likeness (QED) is 0.804. The van der Waals surface area contributed by atoms with Gasteiger partial charge in [-0.15, -0.1) is 11.8 Å². The van der Waals surface area contributed by atoms with Gasteiger partial charge in [0, 0.05) is 24.2 Å². The maximum absolute atomic E-state index is 5.96. The Kier molecular flexibility index (Phi) is 3.21. The van der Waals surface area contributed by atoms with Gasteiger partial charge in [0.15, 0.2) is 0 Å². The molecule has 3 aliphatic rings. The molecule has 0 aromatic carbocycles. The van der Waals surface area contributed by atoms with Crippen LogP contribution in [0.3, 0.4) is 0 Å². The highest BCUT2D eigenvalue weighted by Crippen LogP contribution is 2.47. The Morgan fingerprint density at radius 2 is 2.20 bits per heavy atom. The van der Waals surface area contributed by atoms with Gasteiger partial charge in [0.25, 0.3) is 0 Å². The second-order valence-corrected chi connectivity index (χ2v) is 7.25. The average Bonchev–Trinajstić information content (AvgIpc) is 3.02. The van der Waals surface area contributed by atoms with Gasteiger partial charge in [-0.25, -0.2) is 0 Å². The Balaban J connectivity index is 1.80.